The zero-order valence-electron chi connectivity index (χ0n) is 16.9. The first-order valence-electron chi connectivity index (χ1n) is 9.80. The highest BCUT2D eigenvalue weighted by atomic mass is 35.5. The molecule has 0 saturated heterocycles. The minimum Gasteiger partial charge on any atom is -0.326 e. The smallest absolute Gasteiger partial charge is 0.237 e. The maximum atomic E-state index is 12.7. The van der Waals surface area contributed by atoms with E-state index in [0.717, 1.165) is 10.5 Å². The van der Waals surface area contributed by atoms with E-state index >= 15 is 0 Å². The zero-order chi connectivity index (χ0) is 22.2. The molecule has 160 valence electrons. The van der Waals surface area contributed by atoms with Gasteiger partial charge in [0.25, 0.3) is 0 Å². The van der Waals surface area contributed by atoms with Crippen LogP contribution in [0.4, 0.5) is 11.4 Å². The lowest BCUT2D eigenvalue weighted by molar-refractivity contribution is -0.116. The van der Waals surface area contributed by atoms with Crippen LogP contribution in [0, 0.1) is 0 Å². The van der Waals surface area contributed by atoms with Crippen LogP contribution < -0.4 is 10.6 Å². The molecule has 0 saturated carbocycles. The highest BCUT2D eigenvalue weighted by molar-refractivity contribution is 8.00. The van der Waals surface area contributed by atoms with Gasteiger partial charge in [-0.2, -0.15) is 0 Å². The van der Waals surface area contributed by atoms with Gasteiger partial charge in [-0.3, -0.25) is 9.59 Å². The van der Waals surface area contributed by atoms with Crippen LogP contribution in [0.15, 0.2) is 77.7 Å². The summed E-state index contributed by atoms with van der Waals surface area (Å²) in [6.07, 6.45) is 0.940. The molecule has 3 rings (SSSR count). The Morgan fingerprint density at radius 1 is 0.871 bits per heavy atom. The number of halogens is 2. The lowest BCUT2D eigenvalue weighted by Gasteiger charge is -2.16. The van der Waals surface area contributed by atoms with Crippen LogP contribution in [0.2, 0.25) is 10.0 Å². The monoisotopic (exact) mass is 472 g/mol. The van der Waals surface area contributed by atoms with Crippen molar-refractivity contribution in [1.82, 2.24) is 0 Å². The van der Waals surface area contributed by atoms with Crippen molar-refractivity contribution in [2.75, 3.05) is 10.6 Å². The normalized spacial score (nSPS) is 11.6. The number of hydrogen-bond acceptors (Lipinski definition) is 3. The lowest BCUT2D eigenvalue weighted by atomic mass is 10.1. The molecule has 0 fully saturated rings. The molecule has 0 heterocycles. The fourth-order valence-electron chi connectivity index (χ4n) is 2.97. The number of carbonyl (C=O) groups is 2. The first kappa shape index (κ1) is 23.2. The van der Waals surface area contributed by atoms with E-state index in [1.54, 1.807) is 18.2 Å². The van der Waals surface area contributed by atoms with Gasteiger partial charge < -0.3 is 10.6 Å². The molecule has 2 amide bonds. The summed E-state index contributed by atoms with van der Waals surface area (Å²) < 4.78 is 0. The fourth-order valence-corrected chi connectivity index (χ4v) is 4.51. The van der Waals surface area contributed by atoms with Gasteiger partial charge in [0.05, 0.1) is 11.7 Å². The van der Waals surface area contributed by atoms with Gasteiger partial charge in [-0.15, -0.1) is 11.8 Å². The van der Waals surface area contributed by atoms with Gasteiger partial charge in [-0.05, 0) is 48.4 Å². The number of thioether (sulfide) groups is 1. The number of amides is 2. The van der Waals surface area contributed by atoms with E-state index in [2.05, 4.69) is 10.6 Å². The minimum atomic E-state index is -0.312. The summed E-state index contributed by atoms with van der Waals surface area (Å²) in [5.74, 6) is -0.222. The van der Waals surface area contributed by atoms with Crippen molar-refractivity contribution in [3.05, 3.63) is 88.4 Å². The minimum absolute atomic E-state index is 0.0871. The van der Waals surface area contributed by atoms with Crippen LogP contribution in [-0.2, 0) is 16.0 Å². The molecule has 0 aliphatic heterocycles. The molecule has 1 unspecified atom stereocenters. The Bertz CT molecular complexity index is 1040. The third-order valence-corrected chi connectivity index (χ3v) is 6.19. The van der Waals surface area contributed by atoms with Gasteiger partial charge in [-0.1, -0.05) is 66.5 Å². The number of benzene rings is 3. The zero-order valence-corrected chi connectivity index (χ0v) is 19.2. The number of anilines is 2. The first-order chi connectivity index (χ1) is 14.9. The van der Waals surface area contributed by atoms with Crippen LogP contribution in [0.1, 0.15) is 18.9 Å². The van der Waals surface area contributed by atoms with E-state index in [4.69, 9.17) is 23.2 Å². The van der Waals surface area contributed by atoms with Gasteiger partial charge in [0, 0.05) is 26.3 Å². The van der Waals surface area contributed by atoms with Gasteiger partial charge >= 0.3 is 0 Å². The number of hydrogen-bond donors (Lipinski definition) is 2. The van der Waals surface area contributed by atoms with E-state index in [0.29, 0.717) is 34.3 Å². The van der Waals surface area contributed by atoms with Crippen molar-refractivity contribution in [3.8, 4) is 0 Å². The third-order valence-electron chi connectivity index (χ3n) is 4.40. The van der Waals surface area contributed by atoms with Gasteiger partial charge in [0.1, 0.15) is 0 Å². The summed E-state index contributed by atoms with van der Waals surface area (Å²) in [5, 5.41) is 6.40. The van der Waals surface area contributed by atoms with Crippen LogP contribution in [0.5, 0.6) is 0 Å². The molecular formula is C24H22Cl2N2O2S. The standard InChI is InChI=1S/C24H22Cl2N2O2S/c1-2-22(24(30)28-20-13-17(25)12-18(26)14-20)31-21-10-6-9-19(15-21)27-23(29)11-16-7-4-3-5-8-16/h3-10,12-15,22H,2,11H2,1H3,(H,27,29)(H,28,30). The second kappa shape index (κ2) is 11.2. The molecule has 3 aromatic carbocycles. The maximum Gasteiger partial charge on any atom is 0.237 e. The average molecular weight is 473 g/mol. The third kappa shape index (κ3) is 7.31. The van der Waals surface area contributed by atoms with E-state index in [1.165, 1.54) is 11.8 Å². The topological polar surface area (TPSA) is 58.2 Å². The van der Waals surface area contributed by atoms with Crippen LogP contribution in [0.25, 0.3) is 0 Å². The molecule has 0 bridgehead atoms. The Kier molecular flexibility index (Phi) is 8.41. The molecular weight excluding hydrogens is 451 g/mol. The summed E-state index contributed by atoms with van der Waals surface area (Å²) in [6.45, 7) is 1.95. The number of carbonyl (C=O) groups excluding carboxylic acids is 2. The van der Waals surface area contributed by atoms with E-state index in [-0.39, 0.29) is 17.1 Å². The molecule has 1 atom stereocenters. The van der Waals surface area contributed by atoms with Crippen molar-refractivity contribution in [3.63, 3.8) is 0 Å². The van der Waals surface area contributed by atoms with E-state index < -0.39 is 0 Å². The molecule has 31 heavy (non-hydrogen) atoms. The lowest BCUT2D eigenvalue weighted by Crippen LogP contribution is -2.24. The summed E-state index contributed by atoms with van der Waals surface area (Å²) in [4.78, 5) is 26.0. The highest BCUT2D eigenvalue weighted by Gasteiger charge is 2.19. The molecule has 0 aliphatic rings. The van der Waals surface area contributed by atoms with Gasteiger partial charge in [-0.25, -0.2) is 0 Å². The molecule has 4 nitrogen and oxygen atoms in total. The molecule has 2 N–H and O–H groups in total. The van der Waals surface area contributed by atoms with Crippen molar-refractivity contribution in [2.45, 2.75) is 29.9 Å². The Morgan fingerprint density at radius 2 is 1.58 bits per heavy atom. The molecule has 0 spiro atoms. The Morgan fingerprint density at radius 3 is 2.26 bits per heavy atom. The SMILES string of the molecule is CCC(Sc1cccc(NC(=O)Cc2ccccc2)c1)C(=O)Nc1cc(Cl)cc(Cl)c1. The Hall–Kier alpha value is -2.47. The van der Waals surface area contributed by atoms with Crippen molar-refractivity contribution < 1.29 is 9.59 Å². The second-order valence-electron chi connectivity index (χ2n) is 6.90. The van der Waals surface area contributed by atoms with E-state index in [1.807, 2.05) is 61.5 Å². The molecule has 3 aromatic rings. The molecule has 0 aliphatic carbocycles. The van der Waals surface area contributed by atoms with Crippen LogP contribution >= 0.6 is 35.0 Å². The summed E-state index contributed by atoms with van der Waals surface area (Å²) >= 11 is 13.5. The van der Waals surface area contributed by atoms with Crippen molar-refractivity contribution in [1.29, 1.82) is 0 Å². The summed E-state index contributed by atoms with van der Waals surface area (Å²) in [6, 6.07) is 22.0. The molecule has 0 aromatic heterocycles. The highest BCUT2D eigenvalue weighted by Crippen LogP contribution is 2.29. The largest absolute Gasteiger partial charge is 0.326 e. The fraction of sp³-hybridized carbons (Fsp3) is 0.167. The Labute approximate surface area is 196 Å². The predicted octanol–water partition coefficient (Wildman–Crippen LogP) is 6.68. The first-order valence-corrected chi connectivity index (χ1v) is 11.4. The predicted molar refractivity (Wildman–Crippen MR) is 130 cm³/mol. The quantitative estimate of drug-likeness (QED) is 0.359. The average Bonchev–Trinajstić information content (AvgIpc) is 2.72. The number of rotatable bonds is 8. The molecule has 0 radical (unpaired) electrons. The maximum absolute atomic E-state index is 12.7. The van der Waals surface area contributed by atoms with Crippen molar-refractivity contribution in [2.24, 2.45) is 0 Å². The molecule has 7 heteroatoms. The van der Waals surface area contributed by atoms with Gasteiger partial charge in [0.2, 0.25) is 11.8 Å². The van der Waals surface area contributed by atoms with Gasteiger partial charge in [0.15, 0.2) is 0 Å². The van der Waals surface area contributed by atoms with Crippen LogP contribution in [-0.4, -0.2) is 17.1 Å². The van der Waals surface area contributed by atoms with E-state index in [9.17, 15) is 9.59 Å². The second-order valence-corrected chi connectivity index (χ2v) is 9.05. The number of nitrogens with one attached hydrogen (secondary N) is 2. The summed E-state index contributed by atoms with van der Waals surface area (Å²) in [5.41, 5.74) is 2.21. The van der Waals surface area contributed by atoms with Crippen LogP contribution in [0.3, 0.4) is 0 Å². The summed E-state index contributed by atoms with van der Waals surface area (Å²) in [7, 11) is 0. The van der Waals surface area contributed by atoms with Crippen molar-refractivity contribution >= 4 is 58.2 Å². The Balaban J connectivity index is 1.62.